The molecule has 0 bridgehead atoms. The van der Waals surface area contributed by atoms with E-state index in [0.29, 0.717) is 59.4 Å². The summed E-state index contributed by atoms with van der Waals surface area (Å²) in [6.45, 7) is 6.63. The molecule has 1 unspecified atom stereocenters. The fourth-order valence-corrected chi connectivity index (χ4v) is 4.93. The average molecular weight is 558 g/mol. The number of amides is 1. The lowest BCUT2D eigenvalue weighted by atomic mass is 9.94. The van der Waals surface area contributed by atoms with E-state index in [-0.39, 0.29) is 22.8 Å². The molecule has 41 heavy (non-hydrogen) atoms. The van der Waals surface area contributed by atoms with Gasteiger partial charge in [-0.3, -0.25) is 14.5 Å². The molecule has 3 aromatic carbocycles. The molecule has 4 aromatic rings. The molecule has 1 fully saturated rings. The van der Waals surface area contributed by atoms with Crippen LogP contribution in [0, 0.1) is 0 Å². The predicted octanol–water partition coefficient (Wildman–Crippen LogP) is 5.39. The molecule has 2 N–H and O–H groups in total. The average Bonchev–Trinajstić information content (AvgIpc) is 3.51. The molecular formula is C31H31N3O7. The minimum absolute atomic E-state index is 0.117. The molecule has 1 aliphatic rings. The molecule has 1 saturated heterocycles. The van der Waals surface area contributed by atoms with Gasteiger partial charge in [-0.25, -0.2) is 4.98 Å². The number of hydrogen-bond acceptors (Lipinski definition) is 8. The number of hydrogen-bond donors (Lipinski definition) is 2. The first-order chi connectivity index (χ1) is 19.9. The van der Waals surface area contributed by atoms with Crippen molar-refractivity contribution < 1.29 is 33.6 Å². The van der Waals surface area contributed by atoms with Crippen LogP contribution >= 0.6 is 0 Å². The molecule has 1 atom stereocenters. The van der Waals surface area contributed by atoms with Crippen LogP contribution in [0.5, 0.6) is 23.0 Å². The molecule has 2 heterocycles. The summed E-state index contributed by atoms with van der Waals surface area (Å²) in [6.07, 6.45) is 0. The number of methoxy groups -OCH3 is 1. The normalized spacial score (nSPS) is 16.3. The van der Waals surface area contributed by atoms with Crippen LogP contribution < -0.4 is 23.8 Å². The standard InChI is InChI=1S/C31H31N3O7/c1-5-39-19-13-14-20(24(17-19)40-6-2)28(35)26-27(18-12-15-23(38-4)25(16-18)41-7-3)34(30(37)29(26)36)31-32-21-10-8-9-11-22(21)33-31/h8-17,27,35H,5-7H2,1-4H3,(H,32,33)/b28-26+. The Kier molecular flexibility index (Phi) is 7.82. The Hall–Kier alpha value is -4.99. The van der Waals surface area contributed by atoms with Crippen molar-refractivity contribution in [3.63, 3.8) is 0 Å². The molecule has 1 aliphatic heterocycles. The molecule has 0 spiro atoms. The first kappa shape index (κ1) is 27.6. The maximum absolute atomic E-state index is 13.7. The fraction of sp³-hybridized carbons (Fsp3) is 0.258. The highest BCUT2D eigenvalue weighted by Gasteiger charge is 2.48. The molecule has 1 amide bonds. The molecule has 0 saturated carbocycles. The summed E-state index contributed by atoms with van der Waals surface area (Å²) in [5.74, 6) is -0.140. The third-order valence-corrected chi connectivity index (χ3v) is 6.67. The van der Waals surface area contributed by atoms with E-state index in [1.807, 2.05) is 39.0 Å². The number of ketones is 1. The van der Waals surface area contributed by atoms with E-state index in [1.165, 1.54) is 12.0 Å². The van der Waals surface area contributed by atoms with Crippen LogP contribution in [0.2, 0.25) is 0 Å². The summed E-state index contributed by atoms with van der Waals surface area (Å²) in [4.78, 5) is 36.4. The number of carbonyl (C=O) groups excluding carboxylic acids is 2. The minimum Gasteiger partial charge on any atom is -0.507 e. The number of carbonyl (C=O) groups is 2. The second kappa shape index (κ2) is 11.6. The van der Waals surface area contributed by atoms with E-state index >= 15 is 0 Å². The van der Waals surface area contributed by atoms with Gasteiger partial charge in [0.25, 0.3) is 5.78 Å². The van der Waals surface area contributed by atoms with Gasteiger partial charge < -0.3 is 29.0 Å². The monoisotopic (exact) mass is 557 g/mol. The Labute approximate surface area is 237 Å². The third-order valence-electron chi connectivity index (χ3n) is 6.67. The third kappa shape index (κ3) is 5.04. The van der Waals surface area contributed by atoms with Crippen molar-refractivity contribution in [2.75, 3.05) is 31.8 Å². The number of ether oxygens (including phenoxy) is 4. The van der Waals surface area contributed by atoms with E-state index < -0.39 is 17.7 Å². The maximum atomic E-state index is 13.7. The zero-order valence-corrected chi connectivity index (χ0v) is 23.3. The number of imidazole rings is 1. The lowest BCUT2D eigenvalue weighted by Gasteiger charge is -2.24. The maximum Gasteiger partial charge on any atom is 0.302 e. The lowest BCUT2D eigenvalue weighted by Crippen LogP contribution is -2.30. The van der Waals surface area contributed by atoms with Crippen LogP contribution in [0.3, 0.4) is 0 Å². The molecule has 212 valence electrons. The van der Waals surface area contributed by atoms with Crippen molar-refractivity contribution >= 4 is 34.4 Å². The first-order valence-corrected chi connectivity index (χ1v) is 13.4. The number of H-pyrrole nitrogens is 1. The zero-order chi connectivity index (χ0) is 29.1. The molecule has 1 aromatic heterocycles. The van der Waals surface area contributed by atoms with Crippen LogP contribution in [0.1, 0.15) is 37.9 Å². The van der Waals surface area contributed by atoms with Crippen LogP contribution in [0.25, 0.3) is 16.8 Å². The number of para-hydroxylation sites is 2. The Morgan fingerprint density at radius 1 is 0.902 bits per heavy atom. The van der Waals surface area contributed by atoms with E-state index in [9.17, 15) is 14.7 Å². The SMILES string of the molecule is CCOc1ccc(/C(O)=C2\C(=O)C(=O)N(c3nc4ccccc4[nH]3)C2c2ccc(OC)c(OCC)c2)c(OCC)c1. The van der Waals surface area contributed by atoms with Gasteiger partial charge in [0, 0.05) is 6.07 Å². The van der Waals surface area contributed by atoms with Crippen LogP contribution in [0.15, 0.2) is 66.2 Å². The van der Waals surface area contributed by atoms with Gasteiger partial charge in [-0.05, 0) is 62.7 Å². The summed E-state index contributed by atoms with van der Waals surface area (Å²) in [6, 6.07) is 16.3. The number of nitrogens with zero attached hydrogens (tertiary/aromatic N) is 2. The second-order valence-electron chi connectivity index (χ2n) is 9.11. The highest BCUT2D eigenvalue weighted by atomic mass is 16.5. The number of fused-ring (bicyclic) bond motifs is 1. The fourth-order valence-electron chi connectivity index (χ4n) is 4.93. The van der Waals surface area contributed by atoms with Gasteiger partial charge in [-0.2, -0.15) is 0 Å². The molecule has 10 nitrogen and oxygen atoms in total. The molecular weight excluding hydrogens is 526 g/mol. The van der Waals surface area contributed by atoms with Crippen LogP contribution in [-0.4, -0.2) is 53.7 Å². The van der Waals surface area contributed by atoms with Crippen molar-refractivity contribution in [2.24, 2.45) is 0 Å². The Bertz CT molecular complexity index is 1610. The Morgan fingerprint density at radius 3 is 2.34 bits per heavy atom. The Balaban J connectivity index is 1.74. The number of nitrogens with one attached hydrogen (secondary N) is 1. The van der Waals surface area contributed by atoms with Gasteiger partial charge in [0.05, 0.1) is 55.1 Å². The second-order valence-corrected chi connectivity index (χ2v) is 9.11. The summed E-state index contributed by atoms with van der Waals surface area (Å²) >= 11 is 0. The van der Waals surface area contributed by atoms with E-state index in [4.69, 9.17) is 18.9 Å². The number of aliphatic hydroxyl groups is 1. The largest absolute Gasteiger partial charge is 0.507 e. The quantitative estimate of drug-likeness (QED) is 0.151. The minimum atomic E-state index is -1.04. The van der Waals surface area contributed by atoms with E-state index in [0.717, 1.165) is 0 Å². The number of aliphatic hydroxyl groups excluding tert-OH is 1. The van der Waals surface area contributed by atoms with Crippen LogP contribution in [0.4, 0.5) is 5.95 Å². The van der Waals surface area contributed by atoms with Gasteiger partial charge in [-0.15, -0.1) is 0 Å². The number of benzene rings is 3. The first-order valence-electron chi connectivity index (χ1n) is 13.4. The van der Waals surface area contributed by atoms with Crippen LogP contribution in [-0.2, 0) is 9.59 Å². The van der Waals surface area contributed by atoms with Gasteiger partial charge in [-0.1, -0.05) is 18.2 Å². The number of aromatic nitrogens is 2. The number of Topliss-reactive ketones (excluding diaryl/α,β-unsaturated/α-hetero) is 1. The number of aromatic amines is 1. The number of rotatable bonds is 10. The number of anilines is 1. The molecule has 5 rings (SSSR count). The molecule has 0 radical (unpaired) electrons. The highest BCUT2D eigenvalue weighted by molar-refractivity contribution is 6.51. The predicted molar refractivity (Wildman–Crippen MR) is 154 cm³/mol. The molecule has 0 aliphatic carbocycles. The Morgan fingerprint density at radius 2 is 1.63 bits per heavy atom. The van der Waals surface area contributed by atoms with E-state index in [2.05, 4.69) is 9.97 Å². The lowest BCUT2D eigenvalue weighted by molar-refractivity contribution is -0.132. The zero-order valence-electron chi connectivity index (χ0n) is 23.3. The van der Waals surface area contributed by atoms with Crippen molar-refractivity contribution in [3.8, 4) is 23.0 Å². The topological polar surface area (TPSA) is 123 Å². The smallest absolute Gasteiger partial charge is 0.302 e. The van der Waals surface area contributed by atoms with Crippen molar-refractivity contribution in [1.82, 2.24) is 9.97 Å². The van der Waals surface area contributed by atoms with Crippen molar-refractivity contribution in [3.05, 3.63) is 77.4 Å². The van der Waals surface area contributed by atoms with Gasteiger partial charge in [0.15, 0.2) is 11.5 Å². The summed E-state index contributed by atoms with van der Waals surface area (Å²) in [5, 5.41) is 11.7. The summed E-state index contributed by atoms with van der Waals surface area (Å²) < 4.78 is 22.6. The summed E-state index contributed by atoms with van der Waals surface area (Å²) in [7, 11) is 1.53. The van der Waals surface area contributed by atoms with Gasteiger partial charge in [0.2, 0.25) is 5.95 Å². The van der Waals surface area contributed by atoms with Crippen molar-refractivity contribution in [2.45, 2.75) is 26.8 Å². The molecule has 10 heteroatoms. The highest BCUT2D eigenvalue weighted by Crippen LogP contribution is 2.45. The summed E-state index contributed by atoms with van der Waals surface area (Å²) in [5.41, 5.74) is 1.96. The van der Waals surface area contributed by atoms with Crippen molar-refractivity contribution in [1.29, 1.82) is 0 Å². The van der Waals surface area contributed by atoms with Gasteiger partial charge in [0.1, 0.15) is 17.3 Å². The van der Waals surface area contributed by atoms with Gasteiger partial charge >= 0.3 is 5.91 Å². The van der Waals surface area contributed by atoms with E-state index in [1.54, 1.807) is 42.5 Å².